The Balaban J connectivity index is 2.30. The second kappa shape index (κ2) is 6.80. The largest absolute Gasteiger partial charge is 0.496 e. The molecule has 0 spiro atoms. The molecule has 0 saturated heterocycles. The molecule has 21 heavy (non-hydrogen) atoms. The lowest BCUT2D eigenvalue weighted by Crippen LogP contribution is -2.50. The molecule has 2 N–H and O–H groups in total. The Morgan fingerprint density at radius 1 is 1.19 bits per heavy atom. The highest BCUT2D eigenvalue weighted by molar-refractivity contribution is 5.99. The van der Waals surface area contributed by atoms with E-state index in [1.165, 1.54) is 0 Å². The average Bonchev–Trinajstić information content (AvgIpc) is 2.53. The van der Waals surface area contributed by atoms with Crippen molar-refractivity contribution >= 4 is 5.91 Å². The van der Waals surface area contributed by atoms with Crippen LogP contribution in [0.15, 0.2) is 18.2 Å². The van der Waals surface area contributed by atoms with Gasteiger partial charge in [0.1, 0.15) is 17.1 Å². The molecule has 116 valence electrons. The van der Waals surface area contributed by atoms with Crippen LogP contribution in [0.5, 0.6) is 11.5 Å². The second-order valence-corrected chi connectivity index (χ2v) is 5.47. The zero-order chi connectivity index (χ0) is 15.4. The van der Waals surface area contributed by atoms with Crippen LogP contribution in [0.3, 0.4) is 0 Å². The number of hydrogen-bond donors (Lipinski definition) is 1. The Morgan fingerprint density at radius 2 is 1.76 bits per heavy atom. The maximum Gasteiger partial charge on any atom is 0.261 e. The fraction of sp³-hybridized carbons (Fsp3) is 0.562. The molecule has 1 fully saturated rings. The number of hydrogen-bond acceptors (Lipinski definition) is 4. The van der Waals surface area contributed by atoms with E-state index in [0.29, 0.717) is 17.1 Å². The minimum absolute atomic E-state index is 0.0356. The van der Waals surface area contributed by atoms with Crippen molar-refractivity contribution in [2.24, 2.45) is 5.73 Å². The summed E-state index contributed by atoms with van der Waals surface area (Å²) in [4.78, 5) is 14.6. The molecule has 1 amide bonds. The Hall–Kier alpha value is -1.75. The van der Waals surface area contributed by atoms with Gasteiger partial charge >= 0.3 is 0 Å². The van der Waals surface area contributed by atoms with E-state index in [9.17, 15) is 4.79 Å². The van der Waals surface area contributed by atoms with E-state index in [0.717, 1.165) is 25.7 Å². The molecule has 5 nitrogen and oxygen atoms in total. The van der Waals surface area contributed by atoms with Gasteiger partial charge in [-0.15, -0.1) is 0 Å². The first-order valence-electron chi connectivity index (χ1n) is 7.34. The van der Waals surface area contributed by atoms with Gasteiger partial charge < -0.3 is 20.1 Å². The molecule has 1 saturated carbocycles. The van der Waals surface area contributed by atoms with Crippen molar-refractivity contribution < 1.29 is 14.3 Å². The summed E-state index contributed by atoms with van der Waals surface area (Å²) in [5, 5.41) is 0. The van der Waals surface area contributed by atoms with Gasteiger partial charge in [0, 0.05) is 19.1 Å². The van der Waals surface area contributed by atoms with Crippen LogP contribution in [0.4, 0.5) is 0 Å². The SMILES string of the molecule is COc1cccc(OC)c1C(=O)N(C)C1CCCCC1N. The van der Waals surface area contributed by atoms with Crippen LogP contribution in [0, 0.1) is 0 Å². The van der Waals surface area contributed by atoms with E-state index in [1.54, 1.807) is 37.3 Å². The van der Waals surface area contributed by atoms with Crippen molar-refractivity contribution in [2.75, 3.05) is 21.3 Å². The Labute approximate surface area is 126 Å². The lowest BCUT2D eigenvalue weighted by atomic mass is 9.89. The van der Waals surface area contributed by atoms with E-state index < -0.39 is 0 Å². The highest BCUT2D eigenvalue weighted by atomic mass is 16.5. The van der Waals surface area contributed by atoms with Gasteiger partial charge in [0.15, 0.2) is 0 Å². The van der Waals surface area contributed by atoms with Gasteiger partial charge in [-0.1, -0.05) is 18.9 Å². The predicted molar refractivity (Wildman–Crippen MR) is 81.9 cm³/mol. The summed E-state index contributed by atoms with van der Waals surface area (Å²) in [6, 6.07) is 5.45. The lowest BCUT2D eigenvalue weighted by molar-refractivity contribution is 0.0665. The number of nitrogens with two attached hydrogens (primary N) is 1. The third kappa shape index (κ3) is 3.13. The first kappa shape index (κ1) is 15.6. The van der Waals surface area contributed by atoms with Gasteiger partial charge in [-0.25, -0.2) is 0 Å². The summed E-state index contributed by atoms with van der Waals surface area (Å²) in [7, 11) is 4.92. The molecule has 1 aliphatic rings. The first-order chi connectivity index (χ1) is 10.1. The molecule has 0 radical (unpaired) electrons. The van der Waals surface area contributed by atoms with Crippen LogP contribution in [0.1, 0.15) is 36.0 Å². The number of likely N-dealkylation sites (N-methyl/N-ethyl adjacent to an activating group) is 1. The third-order valence-electron chi connectivity index (χ3n) is 4.24. The summed E-state index contributed by atoms with van der Waals surface area (Å²) in [6.07, 6.45) is 4.16. The molecule has 1 aromatic carbocycles. The van der Waals surface area contributed by atoms with Crippen molar-refractivity contribution in [3.8, 4) is 11.5 Å². The van der Waals surface area contributed by atoms with E-state index in [4.69, 9.17) is 15.2 Å². The van der Waals surface area contributed by atoms with E-state index in [1.807, 2.05) is 7.05 Å². The fourth-order valence-corrected chi connectivity index (χ4v) is 3.01. The Kier molecular flexibility index (Phi) is 5.07. The quantitative estimate of drug-likeness (QED) is 0.922. The van der Waals surface area contributed by atoms with Gasteiger partial charge in [0.05, 0.1) is 14.2 Å². The molecule has 0 aliphatic heterocycles. The summed E-state index contributed by atoms with van der Waals surface area (Å²) < 4.78 is 10.6. The van der Waals surface area contributed by atoms with Crippen LogP contribution in [0.2, 0.25) is 0 Å². The zero-order valence-electron chi connectivity index (χ0n) is 13.0. The molecule has 2 rings (SSSR count). The molecule has 0 heterocycles. The number of carbonyl (C=O) groups excluding carboxylic acids is 1. The van der Waals surface area contributed by atoms with E-state index in [2.05, 4.69) is 0 Å². The summed E-state index contributed by atoms with van der Waals surface area (Å²) in [6.45, 7) is 0. The maximum absolute atomic E-state index is 12.9. The molecule has 1 aromatic rings. The molecule has 5 heteroatoms. The fourth-order valence-electron chi connectivity index (χ4n) is 3.01. The van der Waals surface area contributed by atoms with Gasteiger partial charge in [-0.05, 0) is 25.0 Å². The number of carbonyl (C=O) groups is 1. The minimum atomic E-state index is -0.105. The number of rotatable bonds is 4. The number of ether oxygens (including phenoxy) is 2. The van der Waals surface area contributed by atoms with Crippen molar-refractivity contribution in [2.45, 2.75) is 37.8 Å². The third-order valence-corrected chi connectivity index (χ3v) is 4.24. The maximum atomic E-state index is 12.9. The van der Waals surface area contributed by atoms with Crippen LogP contribution in [-0.4, -0.2) is 44.2 Å². The number of benzene rings is 1. The summed E-state index contributed by atoms with van der Waals surface area (Å²) in [5.41, 5.74) is 6.64. The van der Waals surface area contributed by atoms with Crippen molar-refractivity contribution in [3.05, 3.63) is 23.8 Å². The molecular formula is C16H24N2O3. The average molecular weight is 292 g/mol. The van der Waals surface area contributed by atoms with Crippen molar-refractivity contribution in [1.29, 1.82) is 0 Å². The highest BCUT2D eigenvalue weighted by Crippen LogP contribution is 2.31. The normalized spacial score (nSPS) is 21.7. The standard InChI is InChI=1S/C16H24N2O3/c1-18(12-8-5-4-7-11(12)17)16(19)15-13(20-2)9-6-10-14(15)21-3/h6,9-12H,4-5,7-8,17H2,1-3H3. The smallest absolute Gasteiger partial charge is 0.261 e. The van der Waals surface area contributed by atoms with Gasteiger partial charge in [0.2, 0.25) is 0 Å². The number of nitrogens with zero attached hydrogens (tertiary/aromatic N) is 1. The molecule has 0 bridgehead atoms. The topological polar surface area (TPSA) is 64.8 Å². The zero-order valence-corrected chi connectivity index (χ0v) is 13.0. The van der Waals surface area contributed by atoms with Crippen LogP contribution in [0.25, 0.3) is 0 Å². The number of amides is 1. The van der Waals surface area contributed by atoms with Crippen LogP contribution >= 0.6 is 0 Å². The molecule has 0 aromatic heterocycles. The Morgan fingerprint density at radius 3 is 2.29 bits per heavy atom. The summed E-state index contributed by atoms with van der Waals surface area (Å²) in [5.74, 6) is 0.942. The minimum Gasteiger partial charge on any atom is -0.496 e. The molecule has 2 atom stereocenters. The number of methoxy groups -OCH3 is 2. The first-order valence-corrected chi connectivity index (χ1v) is 7.34. The second-order valence-electron chi connectivity index (χ2n) is 5.47. The van der Waals surface area contributed by atoms with Gasteiger partial charge in [0.25, 0.3) is 5.91 Å². The highest BCUT2D eigenvalue weighted by Gasteiger charge is 2.31. The molecule has 1 aliphatic carbocycles. The van der Waals surface area contributed by atoms with Crippen molar-refractivity contribution in [3.63, 3.8) is 0 Å². The molecule has 2 unspecified atom stereocenters. The lowest BCUT2D eigenvalue weighted by Gasteiger charge is -2.36. The summed E-state index contributed by atoms with van der Waals surface area (Å²) >= 11 is 0. The van der Waals surface area contributed by atoms with Crippen LogP contribution < -0.4 is 15.2 Å². The Bertz CT molecular complexity index is 482. The van der Waals surface area contributed by atoms with E-state index in [-0.39, 0.29) is 18.0 Å². The monoisotopic (exact) mass is 292 g/mol. The molecular weight excluding hydrogens is 268 g/mol. The van der Waals surface area contributed by atoms with Crippen molar-refractivity contribution in [1.82, 2.24) is 4.90 Å². The van der Waals surface area contributed by atoms with E-state index >= 15 is 0 Å². The van der Waals surface area contributed by atoms with Gasteiger partial charge in [-0.3, -0.25) is 4.79 Å². The predicted octanol–water partition coefficient (Wildman–Crippen LogP) is 2.05. The van der Waals surface area contributed by atoms with Crippen LogP contribution in [-0.2, 0) is 0 Å². The van der Waals surface area contributed by atoms with Gasteiger partial charge in [-0.2, -0.15) is 0 Å².